The fourth-order valence-electron chi connectivity index (χ4n) is 2.61. The Morgan fingerprint density at radius 2 is 1.96 bits per heavy atom. The van der Waals surface area contributed by atoms with Crippen molar-refractivity contribution in [1.82, 2.24) is 9.55 Å². The van der Waals surface area contributed by atoms with Gasteiger partial charge in [0.25, 0.3) is 12.0 Å². The standard InChI is InChI=1S/C17H13ClF3N3O/c1-8(22)16-23-13-4-2-3-12(19)14(13)17(25)24(16)11-6-9(15(20)21)5-10(18)7-11/h2-8,15H,22H2,1H3. The monoisotopic (exact) mass is 367 g/mol. The molecule has 2 N–H and O–H groups in total. The normalized spacial score (nSPS) is 12.8. The van der Waals surface area contributed by atoms with E-state index in [1.807, 2.05) is 0 Å². The van der Waals surface area contributed by atoms with Gasteiger partial charge in [0.15, 0.2) is 0 Å². The van der Waals surface area contributed by atoms with Crippen LogP contribution < -0.4 is 11.3 Å². The molecule has 1 atom stereocenters. The van der Waals surface area contributed by atoms with Crippen LogP contribution in [0.5, 0.6) is 0 Å². The van der Waals surface area contributed by atoms with E-state index in [0.717, 1.165) is 22.8 Å². The third kappa shape index (κ3) is 3.12. The van der Waals surface area contributed by atoms with Gasteiger partial charge in [-0.05, 0) is 37.3 Å². The first-order valence-corrected chi connectivity index (χ1v) is 7.73. The van der Waals surface area contributed by atoms with Gasteiger partial charge in [-0.25, -0.2) is 18.2 Å². The van der Waals surface area contributed by atoms with E-state index in [1.165, 1.54) is 18.2 Å². The number of halogens is 4. The van der Waals surface area contributed by atoms with Gasteiger partial charge < -0.3 is 5.73 Å². The number of nitrogens with two attached hydrogens (primary N) is 1. The molecular formula is C17H13ClF3N3O. The van der Waals surface area contributed by atoms with E-state index in [0.29, 0.717) is 0 Å². The Kier molecular flexibility index (Phi) is 4.53. The number of fused-ring (bicyclic) bond motifs is 1. The lowest BCUT2D eigenvalue weighted by Gasteiger charge is -2.17. The van der Waals surface area contributed by atoms with Crippen LogP contribution in [0, 0.1) is 5.82 Å². The first kappa shape index (κ1) is 17.4. The summed E-state index contributed by atoms with van der Waals surface area (Å²) >= 11 is 5.90. The molecule has 0 bridgehead atoms. The lowest BCUT2D eigenvalue weighted by Crippen LogP contribution is -2.28. The van der Waals surface area contributed by atoms with Crippen LogP contribution in [0.4, 0.5) is 13.2 Å². The molecule has 4 nitrogen and oxygen atoms in total. The third-order valence-electron chi connectivity index (χ3n) is 3.69. The Morgan fingerprint density at radius 1 is 1.24 bits per heavy atom. The predicted molar refractivity (Wildman–Crippen MR) is 89.9 cm³/mol. The minimum Gasteiger partial charge on any atom is -0.322 e. The fraction of sp³-hybridized carbons (Fsp3) is 0.176. The minimum atomic E-state index is -2.78. The summed E-state index contributed by atoms with van der Waals surface area (Å²) in [6.07, 6.45) is -2.78. The van der Waals surface area contributed by atoms with E-state index < -0.39 is 23.8 Å². The van der Waals surface area contributed by atoms with E-state index in [-0.39, 0.29) is 33.0 Å². The van der Waals surface area contributed by atoms with Crippen LogP contribution in [0.2, 0.25) is 5.02 Å². The van der Waals surface area contributed by atoms with Crippen molar-refractivity contribution in [2.45, 2.75) is 19.4 Å². The van der Waals surface area contributed by atoms with E-state index in [9.17, 15) is 18.0 Å². The second kappa shape index (κ2) is 6.50. The third-order valence-corrected chi connectivity index (χ3v) is 3.91. The highest BCUT2D eigenvalue weighted by molar-refractivity contribution is 6.30. The maximum atomic E-state index is 14.1. The van der Waals surface area contributed by atoms with Gasteiger partial charge in [-0.15, -0.1) is 0 Å². The Bertz CT molecular complexity index is 1020. The fourth-order valence-corrected chi connectivity index (χ4v) is 2.85. The number of aromatic nitrogens is 2. The molecule has 25 heavy (non-hydrogen) atoms. The van der Waals surface area contributed by atoms with E-state index >= 15 is 0 Å². The molecular weight excluding hydrogens is 355 g/mol. The molecule has 0 spiro atoms. The average Bonchev–Trinajstić information content (AvgIpc) is 2.53. The maximum Gasteiger partial charge on any atom is 0.269 e. The van der Waals surface area contributed by atoms with Crippen molar-refractivity contribution in [3.05, 3.63) is 69.0 Å². The second-order valence-electron chi connectivity index (χ2n) is 5.58. The summed E-state index contributed by atoms with van der Waals surface area (Å²) < 4.78 is 41.3. The number of benzene rings is 2. The quantitative estimate of drug-likeness (QED) is 0.757. The van der Waals surface area contributed by atoms with Crippen LogP contribution in [0.25, 0.3) is 16.6 Å². The lowest BCUT2D eigenvalue weighted by atomic mass is 10.1. The van der Waals surface area contributed by atoms with Crippen LogP contribution in [0.1, 0.15) is 30.8 Å². The highest BCUT2D eigenvalue weighted by Crippen LogP contribution is 2.27. The molecule has 1 aromatic heterocycles. The van der Waals surface area contributed by atoms with Gasteiger partial charge in [0.2, 0.25) is 0 Å². The maximum absolute atomic E-state index is 14.1. The zero-order valence-corrected chi connectivity index (χ0v) is 13.8. The average molecular weight is 368 g/mol. The molecule has 0 aliphatic carbocycles. The molecule has 3 aromatic rings. The number of rotatable bonds is 3. The highest BCUT2D eigenvalue weighted by atomic mass is 35.5. The van der Waals surface area contributed by atoms with Gasteiger partial charge in [0, 0.05) is 10.6 Å². The van der Waals surface area contributed by atoms with Crippen molar-refractivity contribution in [3.8, 4) is 5.69 Å². The topological polar surface area (TPSA) is 60.9 Å². The number of hydrogen-bond donors (Lipinski definition) is 1. The van der Waals surface area contributed by atoms with E-state index in [2.05, 4.69) is 4.98 Å². The first-order valence-electron chi connectivity index (χ1n) is 7.35. The number of nitrogens with zero attached hydrogens (tertiary/aromatic N) is 2. The van der Waals surface area contributed by atoms with Crippen molar-refractivity contribution < 1.29 is 13.2 Å². The van der Waals surface area contributed by atoms with E-state index in [1.54, 1.807) is 6.92 Å². The van der Waals surface area contributed by atoms with Gasteiger partial charge in [0.05, 0.1) is 17.2 Å². The minimum absolute atomic E-state index is 0.0176. The summed E-state index contributed by atoms with van der Waals surface area (Å²) in [6, 6.07) is 6.87. The number of alkyl halides is 2. The Labute approximate surface area is 145 Å². The first-order chi connectivity index (χ1) is 11.8. The Balaban J connectivity index is 2.43. The van der Waals surface area contributed by atoms with Gasteiger partial charge in [0.1, 0.15) is 17.0 Å². The summed E-state index contributed by atoms with van der Waals surface area (Å²) in [7, 11) is 0. The van der Waals surface area contributed by atoms with Gasteiger partial charge in [-0.2, -0.15) is 0 Å². The predicted octanol–water partition coefficient (Wildman–Crippen LogP) is 4.14. The molecule has 0 aliphatic heterocycles. The molecule has 130 valence electrons. The summed E-state index contributed by atoms with van der Waals surface area (Å²) in [5.74, 6) is -0.637. The Morgan fingerprint density at radius 3 is 2.60 bits per heavy atom. The smallest absolute Gasteiger partial charge is 0.269 e. The molecule has 1 heterocycles. The van der Waals surface area contributed by atoms with Crippen molar-refractivity contribution in [1.29, 1.82) is 0 Å². The van der Waals surface area contributed by atoms with Crippen LogP contribution in [-0.2, 0) is 0 Å². The summed E-state index contributed by atoms with van der Waals surface area (Å²) in [4.78, 5) is 17.1. The van der Waals surface area contributed by atoms with Crippen LogP contribution in [0.3, 0.4) is 0 Å². The zero-order chi connectivity index (χ0) is 18.3. The van der Waals surface area contributed by atoms with Crippen molar-refractivity contribution >= 4 is 22.5 Å². The molecule has 0 saturated heterocycles. The SMILES string of the molecule is CC(N)c1nc2cccc(F)c2c(=O)n1-c1cc(Cl)cc(C(F)F)c1. The summed E-state index contributed by atoms with van der Waals surface area (Å²) in [6.45, 7) is 1.59. The molecule has 0 radical (unpaired) electrons. The van der Waals surface area contributed by atoms with Crippen molar-refractivity contribution in [3.63, 3.8) is 0 Å². The lowest BCUT2D eigenvalue weighted by molar-refractivity contribution is 0.151. The highest BCUT2D eigenvalue weighted by Gasteiger charge is 2.19. The molecule has 8 heteroatoms. The molecule has 0 saturated carbocycles. The summed E-state index contributed by atoms with van der Waals surface area (Å²) in [5, 5.41) is -0.227. The summed E-state index contributed by atoms with van der Waals surface area (Å²) in [5.41, 5.74) is 4.98. The van der Waals surface area contributed by atoms with Gasteiger partial charge in [-0.3, -0.25) is 9.36 Å². The largest absolute Gasteiger partial charge is 0.322 e. The number of hydrogen-bond acceptors (Lipinski definition) is 3. The van der Waals surface area contributed by atoms with Gasteiger partial charge >= 0.3 is 0 Å². The molecule has 0 fully saturated rings. The molecule has 3 rings (SSSR count). The van der Waals surface area contributed by atoms with Crippen LogP contribution in [-0.4, -0.2) is 9.55 Å². The van der Waals surface area contributed by atoms with Crippen molar-refractivity contribution in [2.75, 3.05) is 0 Å². The molecule has 0 amide bonds. The molecule has 2 aromatic carbocycles. The van der Waals surface area contributed by atoms with Gasteiger partial charge in [-0.1, -0.05) is 17.7 Å². The molecule has 0 aliphatic rings. The van der Waals surface area contributed by atoms with Crippen LogP contribution >= 0.6 is 11.6 Å². The Hall–Kier alpha value is -2.38. The van der Waals surface area contributed by atoms with E-state index in [4.69, 9.17) is 17.3 Å². The molecule has 1 unspecified atom stereocenters. The van der Waals surface area contributed by atoms with Crippen LogP contribution in [0.15, 0.2) is 41.2 Å². The van der Waals surface area contributed by atoms with Crippen molar-refractivity contribution in [2.24, 2.45) is 5.73 Å². The zero-order valence-electron chi connectivity index (χ0n) is 13.0. The second-order valence-corrected chi connectivity index (χ2v) is 6.01.